The molecule has 0 heteroatoms. The zero-order chi connectivity index (χ0) is 46.1. The maximum absolute atomic E-state index is 2.40. The van der Waals surface area contributed by atoms with Gasteiger partial charge in [0.25, 0.3) is 0 Å². The topological polar surface area (TPSA) is 0 Å². The Labute approximate surface area is 407 Å². The molecule has 0 nitrogen and oxygen atoms in total. The summed E-state index contributed by atoms with van der Waals surface area (Å²) in [6, 6.07) is 98.9. The smallest absolute Gasteiger partial charge is 0.00262 e. The molecular weight excluding hydrogens is 841 g/mol. The molecule has 0 spiro atoms. The zero-order valence-corrected chi connectivity index (χ0v) is 38.4. The fourth-order valence-electron chi connectivity index (χ4n) is 11.5. The number of fused-ring (bicyclic) bond motifs is 7. The largest absolute Gasteiger partial charge is 0.0622 e. The minimum atomic E-state index is 1.20. The lowest BCUT2D eigenvalue weighted by molar-refractivity contribution is 1.62. The van der Waals surface area contributed by atoms with Gasteiger partial charge in [-0.3, -0.25) is 0 Å². The van der Waals surface area contributed by atoms with E-state index < -0.39 is 0 Å². The Morgan fingerprint density at radius 1 is 0.129 bits per heavy atom. The van der Waals surface area contributed by atoms with Crippen LogP contribution in [-0.4, -0.2) is 0 Å². The molecule has 0 heterocycles. The van der Waals surface area contributed by atoms with E-state index in [1.54, 1.807) is 0 Å². The number of hydrogen-bond acceptors (Lipinski definition) is 0. The molecule has 70 heavy (non-hydrogen) atoms. The molecule has 14 aromatic rings. The van der Waals surface area contributed by atoms with E-state index in [1.807, 2.05) is 0 Å². The van der Waals surface area contributed by atoms with Crippen LogP contribution in [0.25, 0.3) is 142 Å². The molecule has 0 atom stereocenters. The molecule has 0 aliphatic carbocycles. The van der Waals surface area contributed by atoms with Gasteiger partial charge in [0.1, 0.15) is 0 Å². The van der Waals surface area contributed by atoms with Crippen LogP contribution in [0.3, 0.4) is 0 Å². The van der Waals surface area contributed by atoms with Gasteiger partial charge in [0, 0.05) is 0 Å². The van der Waals surface area contributed by atoms with E-state index in [4.69, 9.17) is 0 Å². The average Bonchev–Trinajstić information content (AvgIpc) is 3.43. The molecule has 0 saturated heterocycles. The summed E-state index contributed by atoms with van der Waals surface area (Å²) in [5.41, 5.74) is 14.9. The molecule has 324 valence electrons. The van der Waals surface area contributed by atoms with Crippen molar-refractivity contribution in [3.63, 3.8) is 0 Å². The first kappa shape index (κ1) is 40.0. The highest BCUT2D eigenvalue weighted by atomic mass is 14.2. The summed E-state index contributed by atoms with van der Waals surface area (Å²) in [5, 5.41) is 17.5. The van der Waals surface area contributed by atoms with Gasteiger partial charge in [-0.25, -0.2) is 0 Å². The van der Waals surface area contributed by atoms with Crippen molar-refractivity contribution in [3.05, 3.63) is 267 Å². The summed E-state index contributed by atoms with van der Waals surface area (Å²) in [5.74, 6) is 0. The molecule has 0 fully saturated rings. The van der Waals surface area contributed by atoms with Crippen molar-refractivity contribution < 1.29 is 0 Å². The zero-order valence-electron chi connectivity index (χ0n) is 38.4. The second-order valence-corrected chi connectivity index (χ2v) is 18.7. The Kier molecular flexibility index (Phi) is 9.32. The van der Waals surface area contributed by atoms with Crippen molar-refractivity contribution in [2.24, 2.45) is 0 Å². The lowest BCUT2D eigenvalue weighted by Crippen LogP contribution is -1.91. The van der Waals surface area contributed by atoms with Gasteiger partial charge in [0.2, 0.25) is 0 Å². The van der Waals surface area contributed by atoms with Gasteiger partial charge in [0.15, 0.2) is 0 Å². The highest BCUT2D eigenvalue weighted by Crippen LogP contribution is 2.46. The maximum Gasteiger partial charge on any atom is -0.00262 e. The van der Waals surface area contributed by atoms with Gasteiger partial charge in [-0.15, -0.1) is 0 Å². The first-order valence-electron chi connectivity index (χ1n) is 24.3. The van der Waals surface area contributed by atoms with Crippen LogP contribution < -0.4 is 0 Å². The first-order valence-corrected chi connectivity index (χ1v) is 24.3. The van der Waals surface area contributed by atoms with E-state index in [9.17, 15) is 0 Å². The van der Waals surface area contributed by atoms with Crippen molar-refractivity contribution in [2.75, 3.05) is 0 Å². The van der Waals surface area contributed by atoms with Gasteiger partial charge < -0.3 is 0 Å². The first-order chi connectivity index (χ1) is 34.7. The summed E-state index contributed by atoms with van der Waals surface area (Å²) in [4.78, 5) is 0. The molecule has 0 aromatic heterocycles. The van der Waals surface area contributed by atoms with E-state index in [-0.39, 0.29) is 0 Å². The summed E-state index contributed by atoms with van der Waals surface area (Å²) in [6.07, 6.45) is 0. The highest BCUT2D eigenvalue weighted by Gasteiger charge is 2.19. The standard InChI is InChI=1S/C70H44/c1-2-16-48(17-3-1)67-59-21-6-8-23-61(59)68(62-24-9-7-22-60(62)67)54-20-14-19-50(40-54)51-34-29-46-30-35-52(42-57(46)41-51)53-36-31-47-33-38-56(44-58(47)43-53)70-65-27-12-10-25-63(65)69(64-26-11-13-28-66(64)70)55-37-32-45-15-4-5-18-49(45)39-55/h1-44H. The molecule has 0 saturated carbocycles. The van der Waals surface area contributed by atoms with E-state index in [0.29, 0.717) is 0 Å². The minimum absolute atomic E-state index is 1.20. The normalized spacial score (nSPS) is 11.7. The molecule has 14 rings (SSSR count). The molecule has 0 aliphatic rings. The van der Waals surface area contributed by atoms with Crippen LogP contribution in [0.5, 0.6) is 0 Å². The average molecular weight is 885 g/mol. The summed E-state index contributed by atoms with van der Waals surface area (Å²) >= 11 is 0. The van der Waals surface area contributed by atoms with Crippen LogP contribution in [0.1, 0.15) is 0 Å². The maximum atomic E-state index is 2.40. The van der Waals surface area contributed by atoms with Crippen LogP contribution >= 0.6 is 0 Å². The Morgan fingerprint density at radius 2 is 0.386 bits per heavy atom. The summed E-state index contributed by atoms with van der Waals surface area (Å²) in [6.45, 7) is 0. The molecule has 0 aliphatic heterocycles. The van der Waals surface area contributed by atoms with Crippen molar-refractivity contribution >= 4 is 75.4 Å². The Bertz CT molecular complexity index is 4290. The predicted molar refractivity (Wildman–Crippen MR) is 302 cm³/mol. The molecule has 0 N–H and O–H groups in total. The quantitative estimate of drug-likeness (QED) is 0.146. The van der Waals surface area contributed by atoms with Gasteiger partial charge in [0.05, 0.1) is 0 Å². The third kappa shape index (κ3) is 6.61. The lowest BCUT2D eigenvalue weighted by atomic mass is 9.85. The van der Waals surface area contributed by atoms with E-state index >= 15 is 0 Å². The second-order valence-electron chi connectivity index (χ2n) is 18.7. The van der Waals surface area contributed by atoms with Gasteiger partial charge in [-0.05, 0) is 179 Å². The Hall–Kier alpha value is -9.10. The van der Waals surface area contributed by atoms with Gasteiger partial charge >= 0.3 is 0 Å². The van der Waals surface area contributed by atoms with Crippen LogP contribution in [0, 0.1) is 0 Å². The molecule has 0 radical (unpaired) electrons. The van der Waals surface area contributed by atoms with Crippen LogP contribution in [0.15, 0.2) is 267 Å². The second kappa shape index (κ2) is 16.3. The van der Waals surface area contributed by atoms with Gasteiger partial charge in [-0.1, -0.05) is 231 Å². The molecule has 0 bridgehead atoms. The van der Waals surface area contributed by atoms with Crippen LogP contribution in [0.4, 0.5) is 0 Å². The third-order valence-electron chi connectivity index (χ3n) is 14.8. The van der Waals surface area contributed by atoms with Crippen molar-refractivity contribution in [1.29, 1.82) is 0 Å². The fourth-order valence-corrected chi connectivity index (χ4v) is 11.5. The van der Waals surface area contributed by atoms with Crippen LogP contribution in [-0.2, 0) is 0 Å². The predicted octanol–water partition coefficient (Wildman–Crippen LogP) is 19.8. The molecule has 0 unspecified atom stereocenters. The lowest BCUT2D eigenvalue weighted by Gasteiger charge is -2.18. The van der Waals surface area contributed by atoms with Crippen LogP contribution in [0.2, 0.25) is 0 Å². The minimum Gasteiger partial charge on any atom is -0.0622 e. The Balaban J connectivity index is 0.853. The fraction of sp³-hybridized carbons (Fsp3) is 0. The molecule has 0 amide bonds. The molecule has 14 aromatic carbocycles. The number of benzene rings is 14. The van der Waals surface area contributed by atoms with E-state index in [2.05, 4.69) is 267 Å². The van der Waals surface area contributed by atoms with E-state index in [1.165, 1.54) is 142 Å². The number of hydrogen-bond donors (Lipinski definition) is 0. The van der Waals surface area contributed by atoms with Crippen molar-refractivity contribution in [3.8, 4) is 66.8 Å². The monoisotopic (exact) mass is 884 g/mol. The SMILES string of the molecule is c1ccc(-c2c3ccccc3c(-c3cccc(-c4ccc5ccc(-c6ccc7ccc(-c8c9ccccc9c(-c9ccc%10ccccc%10c9)c9ccccc89)cc7c6)cc5c4)c3)c3ccccc23)cc1. The van der Waals surface area contributed by atoms with Crippen molar-refractivity contribution in [2.45, 2.75) is 0 Å². The van der Waals surface area contributed by atoms with Gasteiger partial charge in [-0.2, -0.15) is 0 Å². The highest BCUT2D eigenvalue weighted by molar-refractivity contribution is 6.23. The van der Waals surface area contributed by atoms with E-state index in [0.717, 1.165) is 0 Å². The third-order valence-corrected chi connectivity index (χ3v) is 14.8. The summed E-state index contributed by atoms with van der Waals surface area (Å²) in [7, 11) is 0. The summed E-state index contributed by atoms with van der Waals surface area (Å²) < 4.78 is 0. The Morgan fingerprint density at radius 3 is 0.814 bits per heavy atom. The number of rotatable bonds is 6. The molecular formula is C70H44. The van der Waals surface area contributed by atoms with Crippen molar-refractivity contribution in [1.82, 2.24) is 0 Å².